The Kier molecular flexibility index (Phi) is 4.72. The lowest BCUT2D eigenvalue weighted by Crippen LogP contribution is -2.13. The predicted molar refractivity (Wildman–Crippen MR) is 71.8 cm³/mol. The highest BCUT2D eigenvalue weighted by Crippen LogP contribution is 2.27. The Hall–Kier alpha value is -1.76. The molecule has 4 nitrogen and oxygen atoms in total. The summed E-state index contributed by atoms with van der Waals surface area (Å²) >= 11 is 0. The van der Waals surface area contributed by atoms with E-state index in [1.807, 2.05) is 6.07 Å². The van der Waals surface area contributed by atoms with Crippen LogP contribution in [0.15, 0.2) is 22.7 Å². The number of nitrogens with zero attached hydrogens (tertiary/aromatic N) is 2. The largest absolute Gasteiger partial charge is 0.465 e. The van der Waals surface area contributed by atoms with Crippen molar-refractivity contribution in [1.29, 1.82) is 0 Å². The molecule has 0 fully saturated rings. The van der Waals surface area contributed by atoms with E-state index in [0.29, 0.717) is 12.3 Å². The summed E-state index contributed by atoms with van der Waals surface area (Å²) in [5.74, 6) is 1.48. The van der Waals surface area contributed by atoms with Crippen molar-refractivity contribution in [2.45, 2.75) is 39.5 Å². The molecule has 2 heterocycles. The lowest BCUT2D eigenvalue weighted by atomic mass is 10.2. The Labute approximate surface area is 120 Å². The van der Waals surface area contributed by atoms with E-state index in [-0.39, 0.29) is 6.54 Å². The van der Waals surface area contributed by atoms with Crippen molar-refractivity contribution in [2.75, 3.05) is 6.54 Å². The standard InChI is InChI=1S/C14H18F3N3O/c1-3-5-18-8-12-7-11(10(2)21-12)9-20-6-4-13(19-20)14(15,16)17/h4,6-7,18H,3,5,8-9H2,1-2H3. The molecule has 0 aliphatic heterocycles. The summed E-state index contributed by atoms with van der Waals surface area (Å²) in [5, 5.41) is 6.75. The number of halogens is 3. The van der Waals surface area contributed by atoms with E-state index in [1.165, 1.54) is 10.9 Å². The average Bonchev–Trinajstić information content (AvgIpc) is 2.98. The molecule has 116 valence electrons. The summed E-state index contributed by atoms with van der Waals surface area (Å²) in [6.45, 7) is 5.64. The smallest absolute Gasteiger partial charge is 0.435 e. The van der Waals surface area contributed by atoms with Crippen LogP contribution in [0.1, 0.15) is 36.1 Å². The zero-order valence-corrected chi connectivity index (χ0v) is 12.0. The molecule has 7 heteroatoms. The molecule has 1 N–H and O–H groups in total. The van der Waals surface area contributed by atoms with Crippen molar-refractivity contribution in [2.24, 2.45) is 0 Å². The summed E-state index contributed by atoms with van der Waals surface area (Å²) < 4.78 is 44.3. The molecule has 0 bridgehead atoms. The maximum absolute atomic E-state index is 12.5. The monoisotopic (exact) mass is 301 g/mol. The number of aromatic nitrogens is 2. The first-order valence-electron chi connectivity index (χ1n) is 6.79. The van der Waals surface area contributed by atoms with Gasteiger partial charge in [-0.2, -0.15) is 18.3 Å². The molecule has 2 rings (SSSR count). The third-order valence-electron chi connectivity index (χ3n) is 3.06. The number of hydrogen-bond acceptors (Lipinski definition) is 3. The second-order valence-corrected chi connectivity index (χ2v) is 4.87. The Bertz CT molecular complexity index is 587. The van der Waals surface area contributed by atoms with Gasteiger partial charge in [-0.05, 0) is 32.0 Å². The molecule has 0 saturated carbocycles. The highest BCUT2D eigenvalue weighted by molar-refractivity contribution is 5.21. The lowest BCUT2D eigenvalue weighted by Gasteiger charge is -2.02. The fraction of sp³-hybridized carbons (Fsp3) is 0.500. The molecule has 0 aromatic carbocycles. The zero-order valence-electron chi connectivity index (χ0n) is 12.0. The molecular weight excluding hydrogens is 283 g/mol. The second kappa shape index (κ2) is 6.34. The molecular formula is C14H18F3N3O. The van der Waals surface area contributed by atoms with Crippen LogP contribution in [0.25, 0.3) is 0 Å². The van der Waals surface area contributed by atoms with Gasteiger partial charge in [0.2, 0.25) is 0 Å². The van der Waals surface area contributed by atoms with Gasteiger partial charge < -0.3 is 9.73 Å². The number of nitrogens with one attached hydrogen (secondary N) is 1. The topological polar surface area (TPSA) is 43.0 Å². The third-order valence-corrected chi connectivity index (χ3v) is 3.06. The minimum Gasteiger partial charge on any atom is -0.465 e. The molecule has 0 atom stereocenters. The maximum atomic E-state index is 12.5. The number of hydrogen-bond donors (Lipinski definition) is 1. The fourth-order valence-electron chi connectivity index (χ4n) is 2.00. The van der Waals surface area contributed by atoms with Crippen molar-refractivity contribution in [3.05, 3.63) is 41.1 Å². The van der Waals surface area contributed by atoms with Crippen LogP contribution >= 0.6 is 0 Å². The molecule has 2 aromatic rings. The van der Waals surface area contributed by atoms with Gasteiger partial charge in [-0.3, -0.25) is 4.68 Å². The van der Waals surface area contributed by atoms with Crippen molar-refractivity contribution >= 4 is 0 Å². The van der Waals surface area contributed by atoms with Gasteiger partial charge in [0.1, 0.15) is 11.5 Å². The predicted octanol–water partition coefficient (Wildman–Crippen LogP) is 3.35. The first-order chi connectivity index (χ1) is 9.90. The zero-order chi connectivity index (χ0) is 15.5. The normalized spacial score (nSPS) is 12.0. The van der Waals surface area contributed by atoms with E-state index in [4.69, 9.17) is 4.42 Å². The van der Waals surface area contributed by atoms with Gasteiger partial charge >= 0.3 is 6.18 Å². The first kappa shape index (κ1) is 15.6. The molecule has 0 aliphatic rings. The molecule has 0 aliphatic carbocycles. The molecule has 0 amide bonds. The molecule has 0 spiro atoms. The van der Waals surface area contributed by atoms with Gasteiger partial charge in [-0.1, -0.05) is 6.92 Å². The van der Waals surface area contributed by atoms with Crippen LogP contribution in [-0.4, -0.2) is 16.3 Å². The number of aryl methyl sites for hydroxylation is 1. The van der Waals surface area contributed by atoms with Gasteiger partial charge in [0.05, 0.1) is 13.1 Å². The number of alkyl halides is 3. The van der Waals surface area contributed by atoms with Crippen LogP contribution < -0.4 is 5.32 Å². The van der Waals surface area contributed by atoms with E-state index in [2.05, 4.69) is 17.3 Å². The fourth-order valence-corrected chi connectivity index (χ4v) is 2.00. The average molecular weight is 301 g/mol. The van der Waals surface area contributed by atoms with E-state index in [1.54, 1.807) is 6.92 Å². The van der Waals surface area contributed by atoms with Crippen LogP contribution in [0.2, 0.25) is 0 Å². The summed E-state index contributed by atoms with van der Waals surface area (Å²) in [4.78, 5) is 0. The first-order valence-corrected chi connectivity index (χ1v) is 6.79. The summed E-state index contributed by atoms with van der Waals surface area (Å²) in [6.07, 6.45) is -2.06. The Balaban J connectivity index is 2.04. The highest BCUT2D eigenvalue weighted by Gasteiger charge is 2.33. The van der Waals surface area contributed by atoms with E-state index in [9.17, 15) is 13.2 Å². The Morgan fingerprint density at radius 2 is 2.14 bits per heavy atom. The van der Waals surface area contributed by atoms with Crippen molar-refractivity contribution in [3.8, 4) is 0 Å². The van der Waals surface area contributed by atoms with Gasteiger partial charge in [0.15, 0.2) is 5.69 Å². The highest BCUT2D eigenvalue weighted by atomic mass is 19.4. The molecule has 2 aromatic heterocycles. The Morgan fingerprint density at radius 1 is 1.38 bits per heavy atom. The van der Waals surface area contributed by atoms with Crippen LogP contribution in [-0.2, 0) is 19.3 Å². The van der Waals surface area contributed by atoms with Crippen molar-refractivity contribution in [3.63, 3.8) is 0 Å². The van der Waals surface area contributed by atoms with Crippen LogP contribution in [0, 0.1) is 6.92 Å². The van der Waals surface area contributed by atoms with E-state index < -0.39 is 11.9 Å². The van der Waals surface area contributed by atoms with Crippen LogP contribution in [0.4, 0.5) is 13.2 Å². The minimum atomic E-state index is -4.41. The molecule has 0 saturated heterocycles. The van der Waals surface area contributed by atoms with Crippen LogP contribution in [0.3, 0.4) is 0 Å². The van der Waals surface area contributed by atoms with Gasteiger partial charge in [-0.25, -0.2) is 0 Å². The third kappa shape index (κ3) is 4.10. The van der Waals surface area contributed by atoms with Gasteiger partial charge in [-0.15, -0.1) is 0 Å². The van der Waals surface area contributed by atoms with Crippen molar-refractivity contribution in [1.82, 2.24) is 15.1 Å². The second-order valence-electron chi connectivity index (χ2n) is 4.87. The van der Waals surface area contributed by atoms with Gasteiger partial charge in [0, 0.05) is 11.8 Å². The van der Waals surface area contributed by atoms with E-state index >= 15 is 0 Å². The summed E-state index contributed by atoms with van der Waals surface area (Å²) in [6, 6.07) is 2.83. The van der Waals surface area contributed by atoms with E-state index in [0.717, 1.165) is 30.4 Å². The van der Waals surface area contributed by atoms with Crippen molar-refractivity contribution < 1.29 is 17.6 Å². The Morgan fingerprint density at radius 3 is 2.76 bits per heavy atom. The molecule has 0 radical (unpaired) electrons. The maximum Gasteiger partial charge on any atom is 0.435 e. The quantitative estimate of drug-likeness (QED) is 0.832. The van der Waals surface area contributed by atoms with Crippen LogP contribution in [0.5, 0.6) is 0 Å². The molecule has 21 heavy (non-hydrogen) atoms. The van der Waals surface area contributed by atoms with Gasteiger partial charge in [0.25, 0.3) is 0 Å². The SMILES string of the molecule is CCCNCc1cc(Cn2ccc(C(F)(F)F)n2)c(C)o1. The number of rotatable bonds is 6. The number of furan rings is 1. The lowest BCUT2D eigenvalue weighted by molar-refractivity contribution is -0.141. The summed E-state index contributed by atoms with van der Waals surface area (Å²) in [7, 11) is 0. The minimum absolute atomic E-state index is 0.263. The molecule has 0 unspecified atom stereocenters. The summed E-state index contributed by atoms with van der Waals surface area (Å²) in [5.41, 5.74) is -0.0476.